The van der Waals surface area contributed by atoms with E-state index in [0.29, 0.717) is 16.5 Å². The maximum Gasteiger partial charge on any atom is 0.416 e. The molecule has 0 aliphatic carbocycles. The van der Waals surface area contributed by atoms with Crippen LogP contribution in [0.5, 0.6) is 0 Å². The number of hydrogen-bond donors (Lipinski definition) is 1. The van der Waals surface area contributed by atoms with E-state index in [1.807, 2.05) is 29.6 Å². The number of anilines is 1. The topological polar surface area (TPSA) is 66.5 Å². The van der Waals surface area contributed by atoms with Crippen molar-refractivity contribution in [1.29, 1.82) is 0 Å². The van der Waals surface area contributed by atoms with Gasteiger partial charge in [0.05, 0.1) is 11.3 Å². The number of nitrogens with zero attached hydrogens (tertiary/aromatic N) is 1. The lowest BCUT2D eigenvalue weighted by Gasteiger charge is -2.27. The Morgan fingerprint density at radius 2 is 1.57 bits per heavy atom. The Bertz CT molecular complexity index is 1230. The molecule has 1 N–H and O–H groups in total. The van der Waals surface area contributed by atoms with E-state index in [9.17, 15) is 27.6 Å². The first kappa shape index (κ1) is 19.4. The van der Waals surface area contributed by atoms with E-state index in [1.165, 1.54) is 12.1 Å². The van der Waals surface area contributed by atoms with Gasteiger partial charge in [0.25, 0.3) is 11.8 Å². The van der Waals surface area contributed by atoms with Crippen LogP contribution in [0.25, 0.3) is 16.8 Å². The number of carbonyl (C=O) groups is 3. The van der Waals surface area contributed by atoms with Crippen molar-refractivity contribution in [2.75, 3.05) is 4.90 Å². The summed E-state index contributed by atoms with van der Waals surface area (Å²) >= 11 is 0. The fraction of sp³-hybridized carbons (Fsp3) is 0.0455. The Kier molecular flexibility index (Phi) is 4.62. The Hall–Kier alpha value is -3.94. The highest BCUT2D eigenvalue weighted by molar-refractivity contribution is 6.39. The molecular weight excluding hydrogens is 397 g/mol. The number of benzene rings is 3. The smallest absolute Gasteiger partial charge is 0.273 e. The molecule has 0 saturated carbocycles. The van der Waals surface area contributed by atoms with Gasteiger partial charge in [0, 0.05) is 0 Å². The fourth-order valence-electron chi connectivity index (χ4n) is 3.25. The van der Waals surface area contributed by atoms with E-state index >= 15 is 0 Å². The van der Waals surface area contributed by atoms with E-state index < -0.39 is 29.6 Å². The molecule has 30 heavy (non-hydrogen) atoms. The number of halogens is 3. The van der Waals surface area contributed by atoms with Crippen molar-refractivity contribution in [3.8, 4) is 0 Å². The first-order valence-electron chi connectivity index (χ1n) is 8.82. The van der Waals surface area contributed by atoms with E-state index in [2.05, 4.69) is 0 Å². The molecule has 5 nitrogen and oxygen atoms in total. The lowest BCUT2D eigenvalue weighted by molar-refractivity contribution is -0.137. The van der Waals surface area contributed by atoms with Gasteiger partial charge in [0.2, 0.25) is 0 Å². The Labute approximate surface area is 168 Å². The van der Waals surface area contributed by atoms with Gasteiger partial charge in [-0.05, 0) is 40.6 Å². The molecule has 1 fully saturated rings. The maximum absolute atomic E-state index is 13.0. The highest BCUT2D eigenvalue weighted by atomic mass is 19.4. The third-order valence-corrected chi connectivity index (χ3v) is 4.66. The van der Waals surface area contributed by atoms with Crippen LogP contribution >= 0.6 is 0 Å². The summed E-state index contributed by atoms with van der Waals surface area (Å²) in [6.45, 7) is 0. The molecule has 0 spiro atoms. The SMILES string of the molecule is O=C1NC(=O)N(c2cccc(C(F)(F)F)c2)C(=O)C1=Cc1cccc2ccccc12. The summed E-state index contributed by atoms with van der Waals surface area (Å²) in [5, 5.41) is 3.66. The van der Waals surface area contributed by atoms with Crippen molar-refractivity contribution in [2.45, 2.75) is 6.18 Å². The molecule has 1 aliphatic rings. The molecule has 1 aliphatic heterocycles. The summed E-state index contributed by atoms with van der Waals surface area (Å²) in [5.41, 5.74) is -1.10. The number of amides is 4. The van der Waals surface area contributed by atoms with Crippen LogP contribution in [0.15, 0.2) is 72.3 Å². The van der Waals surface area contributed by atoms with Crippen molar-refractivity contribution in [2.24, 2.45) is 0 Å². The predicted molar refractivity (Wildman–Crippen MR) is 104 cm³/mol. The van der Waals surface area contributed by atoms with Gasteiger partial charge in [-0.3, -0.25) is 14.9 Å². The highest BCUT2D eigenvalue weighted by Gasteiger charge is 2.38. The number of alkyl halides is 3. The molecular formula is C22H13F3N2O3. The third-order valence-electron chi connectivity index (χ3n) is 4.66. The minimum absolute atomic E-state index is 0.288. The lowest BCUT2D eigenvalue weighted by atomic mass is 10.0. The number of carbonyl (C=O) groups excluding carboxylic acids is 3. The zero-order chi connectivity index (χ0) is 21.5. The molecule has 0 bridgehead atoms. The summed E-state index contributed by atoms with van der Waals surface area (Å²) in [4.78, 5) is 38.0. The second kappa shape index (κ2) is 7.14. The molecule has 8 heteroatoms. The molecule has 150 valence electrons. The van der Waals surface area contributed by atoms with Crippen LogP contribution in [0, 0.1) is 0 Å². The van der Waals surface area contributed by atoms with E-state index in [0.717, 1.165) is 22.9 Å². The minimum Gasteiger partial charge on any atom is -0.273 e. The van der Waals surface area contributed by atoms with E-state index in [4.69, 9.17) is 0 Å². The molecule has 1 heterocycles. The standard InChI is InChI=1S/C22H13F3N2O3/c23-22(24,25)15-8-4-9-16(12-15)27-20(29)18(19(28)26-21(27)30)11-14-7-3-6-13-5-1-2-10-17(13)14/h1-12H,(H,26,28,30). The average molecular weight is 410 g/mol. The zero-order valence-electron chi connectivity index (χ0n) is 15.2. The van der Waals surface area contributed by atoms with Crippen LogP contribution in [0.3, 0.4) is 0 Å². The summed E-state index contributed by atoms with van der Waals surface area (Å²) in [6, 6.07) is 15.3. The summed E-state index contributed by atoms with van der Waals surface area (Å²) in [5.74, 6) is -1.92. The number of barbiturate groups is 1. The Morgan fingerprint density at radius 3 is 2.33 bits per heavy atom. The van der Waals surface area contributed by atoms with Crippen LogP contribution in [0.4, 0.5) is 23.7 Å². The molecule has 4 amide bonds. The van der Waals surface area contributed by atoms with Crippen molar-refractivity contribution in [3.05, 3.63) is 83.4 Å². The number of rotatable bonds is 2. The van der Waals surface area contributed by atoms with E-state index in [-0.39, 0.29) is 11.3 Å². The molecule has 0 unspecified atom stereocenters. The summed E-state index contributed by atoms with van der Waals surface area (Å²) in [7, 11) is 0. The first-order valence-corrected chi connectivity index (χ1v) is 8.82. The molecule has 3 aromatic rings. The minimum atomic E-state index is -4.65. The molecule has 1 saturated heterocycles. The Morgan fingerprint density at radius 1 is 0.867 bits per heavy atom. The molecule has 0 radical (unpaired) electrons. The highest BCUT2D eigenvalue weighted by Crippen LogP contribution is 2.33. The number of imide groups is 2. The van der Waals surface area contributed by atoms with Crippen LogP contribution in [0.2, 0.25) is 0 Å². The second-order valence-corrected chi connectivity index (χ2v) is 6.57. The van der Waals surface area contributed by atoms with Crippen molar-refractivity contribution >= 4 is 40.4 Å². The maximum atomic E-state index is 13.0. The zero-order valence-corrected chi connectivity index (χ0v) is 15.2. The number of nitrogens with one attached hydrogen (secondary N) is 1. The largest absolute Gasteiger partial charge is 0.416 e. The van der Waals surface area contributed by atoms with Gasteiger partial charge in [-0.1, -0.05) is 48.5 Å². The third kappa shape index (κ3) is 3.43. The fourth-order valence-corrected chi connectivity index (χ4v) is 3.25. The molecule has 4 rings (SSSR count). The van der Waals surface area contributed by atoms with Crippen molar-refractivity contribution in [1.82, 2.24) is 5.32 Å². The quantitative estimate of drug-likeness (QED) is 0.499. The number of fused-ring (bicyclic) bond motifs is 1. The second-order valence-electron chi connectivity index (χ2n) is 6.57. The normalized spacial score (nSPS) is 16.3. The van der Waals surface area contributed by atoms with Gasteiger partial charge in [-0.25, -0.2) is 9.69 Å². The summed E-state index contributed by atoms with van der Waals surface area (Å²) < 4.78 is 39.1. The summed E-state index contributed by atoms with van der Waals surface area (Å²) in [6.07, 6.45) is -3.32. The van der Waals surface area contributed by atoms with Gasteiger partial charge >= 0.3 is 12.2 Å². The lowest BCUT2D eigenvalue weighted by Crippen LogP contribution is -2.54. The van der Waals surface area contributed by atoms with Gasteiger partial charge < -0.3 is 0 Å². The predicted octanol–water partition coefficient (Wildman–Crippen LogP) is 4.53. The Balaban J connectivity index is 1.79. The molecule has 3 aromatic carbocycles. The van der Waals surface area contributed by atoms with Gasteiger partial charge in [-0.15, -0.1) is 0 Å². The average Bonchev–Trinajstić information content (AvgIpc) is 2.70. The van der Waals surface area contributed by atoms with Gasteiger partial charge in [-0.2, -0.15) is 13.2 Å². The van der Waals surface area contributed by atoms with E-state index in [1.54, 1.807) is 18.2 Å². The first-order chi connectivity index (χ1) is 14.3. The number of hydrogen-bond acceptors (Lipinski definition) is 3. The molecule has 0 atom stereocenters. The van der Waals surface area contributed by atoms with Crippen LogP contribution in [-0.2, 0) is 15.8 Å². The van der Waals surface area contributed by atoms with Gasteiger partial charge in [0.15, 0.2) is 0 Å². The van der Waals surface area contributed by atoms with Crippen LogP contribution < -0.4 is 10.2 Å². The van der Waals surface area contributed by atoms with Gasteiger partial charge in [0.1, 0.15) is 5.57 Å². The van der Waals surface area contributed by atoms with Crippen molar-refractivity contribution in [3.63, 3.8) is 0 Å². The monoisotopic (exact) mass is 410 g/mol. The van der Waals surface area contributed by atoms with Crippen LogP contribution in [0.1, 0.15) is 11.1 Å². The van der Waals surface area contributed by atoms with Crippen LogP contribution in [-0.4, -0.2) is 17.8 Å². The van der Waals surface area contributed by atoms with Crippen molar-refractivity contribution < 1.29 is 27.6 Å². The number of urea groups is 1. The molecule has 0 aromatic heterocycles.